The number of nitrogens with one attached hydrogen (secondary N) is 2. The molecule has 2 amide bonds. The summed E-state index contributed by atoms with van der Waals surface area (Å²) >= 11 is 0. The van der Waals surface area contributed by atoms with Crippen LogP contribution in [0.4, 0.5) is 0 Å². The number of rotatable bonds is 8. The minimum Gasteiger partial charge on any atom is -0.366 e. The molecular formula is C25H31N5O3. The highest BCUT2D eigenvalue weighted by molar-refractivity contribution is 5.98. The van der Waals surface area contributed by atoms with Crippen LogP contribution >= 0.6 is 0 Å². The molecule has 174 valence electrons. The highest BCUT2D eigenvalue weighted by Crippen LogP contribution is 2.19. The van der Waals surface area contributed by atoms with Crippen LogP contribution in [0.1, 0.15) is 52.0 Å². The Morgan fingerprint density at radius 1 is 1.21 bits per heavy atom. The zero-order chi connectivity index (χ0) is 23.4. The van der Waals surface area contributed by atoms with E-state index in [1.54, 1.807) is 11.9 Å². The van der Waals surface area contributed by atoms with Gasteiger partial charge >= 0.3 is 0 Å². The van der Waals surface area contributed by atoms with Crippen LogP contribution in [0.25, 0.3) is 10.9 Å². The first-order valence-electron chi connectivity index (χ1n) is 11.5. The summed E-state index contributed by atoms with van der Waals surface area (Å²) in [6, 6.07) is 9.04. The summed E-state index contributed by atoms with van der Waals surface area (Å²) in [6.07, 6.45) is 7.54. The molecule has 1 aliphatic heterocycles. The van der Waals surface area contributed by atoms with E-state index in [-0.39, 0.29) is 23.6 Å². The Morgan fingerprint density at radius 3 is 2.76 bits per heavy atom. The van der Waals surface area contributed by atoms with Crippen LogP contribution in [-0.4, -0.2) is 52.9 Å². The van der Waals surface area contributed by atoms with Crippen LogP contribution in [-0.2, 0) is 6.54 Å². The number of H-pyrrole nitrogens is 1. The van der Waals surface area contributed by atoms with E-state index in [1.165, 1.54) is 16.8 Å². The molecule has 4 N–H and O–H groups in total. The van der Waals surface area contributed by atoms with Gasteiger partial charge in [-0.3, -0.25) is 14.4 Å². The fourth-order valence-corrected chi connectivity index (χ4v) is 4.61. The fraction of sp³-hybridized carbons (Fsp3) is 0.400. The van der Waals surface area contributed by atoms with Gasteiger partial charge in [0.2, 0.25) is 5.91 Å². The summed E-state index contributed by atoms with van der Waals surface area (Å²) in [4.78, 5) is 43.1. The Labute approximate surface area is 192 Å². The van der Waals surface area contributed by atoms with Crippen molar-refractivity contribution >= 4 is 22.7 Å². The van der Waals surface area contributed by atoms with Crippen LogP contribution in [0.2, 0.25) is 0 Å². The number of piperidine rings is 1. The van der Waals surface area contributed by atoms with Crippen molar-refractivity contribution in [2.75, 3.05) is 26.7 Å². The zero-order valence-corrected chi connectivity index (χ0v) is 19.0. The van der Waals surface area contributed by atoms with E-state index in [2.05, 4.69) is 10.3 Å². The number of aromatic nitrogens is 2. The molecule has 1 aromatic carbocycles. The van der Waals surface area contributed by atoms with Gasteiger partial charge in [0, 0.05) is 36.9 Å². The topological polar surface area (TPSA) is 113 Å². The second kappa shape index (κ2) is 10.0. The molecule has 0 bridgehead atoms. The average Bonchev–Trinajstić information content (AvgIpc) is 3.30. The quantitative estimate of drug-likeness (QED) is 0.490. The number of benzene rings is 1. The Bertz CT molecular complexity index is 1210. The minimum atomic E-state index is -0.675. The standard InChI is InChI=1S/C25H31N5O3/c1-29(13-3-4-17-7-10-27-11-8-17)24(32)21-14-19(23(26)31)16-30(25(21)33)15-18-5-2-6-22-20(18)9-12-28-22/h2,5-6,9,12,14,16-17,27-28H,3-4,7-8,10-11,13,15H2,1H3,(H2,26,31). The Morgan fingerprint density at radius 2 is 2.00 bits per heavy atom. The largest absolute Gasteiger partial charge is 0.366 e. The number of nitrogens with zero attached hydrogens (tertiary/aromatic N) is 2. The lowest BCUT2D eigenvalue weighted by Gasteiger charge is -2.24. The Kier molecular flexibility index (Phi) is 6.93. The molecule has 1 fully saturated rings. The molecule has 0 radical (unpaired) electrons. The minimum absolute atomic E-state index is 0.0306. The van der Waals surface area contributed by atoms with Gasteiger partial charge in [-0.1, -0.05) is 12.1 Å². The maximum atomic E-state index is 13.2. The maximum Gasteiger partial charge on any atom is 0.263 e. The molecule has 3 aromatic rings. The number of pyridine rings is 1. The van der Waals surface area contributed by atoms with Crippen molar-refractivity contribution in [1.82, 2.24) is 19.8 Å². The molecule has 8 nitrogen and oxygen atoms in total. The van der Waals surface area contributed by atoms with Crippen molar-refractivity contribution in [1.29, 1.82) is 0 Å². The molecule has 0 unspecified atom stereocenters. The number of hydrogen-bond acceptors (Lipinski definition) is 4. The predicted octanol–water partition coefficient (Wildman–Crippen LogP) is 2.33. The lowest BCUT2D eigenvalue weighted by molar-refractivity contribution is 0.0787. The summed E-state index contributed by atoms with van der Waals surface area (Å²) in [5.41, 5.74) is 7.06. The van der Waals surface area contributed by atoms with Gasteiger partial charge in [-0.05, 0) is 68.5 Å². The van der Waals surface area contributed by atoms with Crippen LogP contribution in [0, 0.1) is 5.92 Å². The van der Waals surface area contributed by atoms with E-state index in [0.29, 0.717) is 12.5 Å². The molecule has 0 saturated carbocycles. The number of amides is 2. The number of hydrogen-bond donors (Lipinski definition) is 3. The van der Waals surface area contributed by atoms with Gasteiger partial charge in [-0.2, -0.15) is 0 Å². The van der Waals surface area contributed by atoms with E-state index >= 15 is 0 Å². The molecule has 1 saturated heterocycles. The summed E-state index contributed by atoms with van der Waals surface area (Å²) in [7, 11) is 1.70. The third kappa shape index (κ3) is 5.17. The fourth-order valence-electron chi connectivity index (χ4n) is 4.61. The van der Waals surface area contributed by atoms with E-state index < -0.39 is 11.5 Å². The third-order valence-electron chi connectivity index (χ3n) is 6.54. The molecule has 0 aliphatic carbocycles. The Hall–Kier alpha value is -3.39. The molecule has 3 heterocycles. The summed E-state index contributed by atoms with van der Waals surface area (Å²) in [5, 5.41) is 4.35. The second-order valence-electron chi connectivity index (χ2n) is 8.86. The van der Waals surface area contributed by atoms with E-state index in [0.717, 1.165) is 55.2 Å². The SMILES string of the molecule is CN(CCCC1CCNCC1)C(=O)c1cc(C(N)=O)cn(Cc2cccc3[nH]ccc23)c1=O. The number of nitrogens with two attached hydrogens (primary N) is 1. The number of aromatic amines is 1. The van der Waals surface area contributed by atoms with Crippen molar-refractivity contribution in [2.24, 2.45) is 11.7 Å². The smallest absolute Gasteiger partial charge is 0.263 e. The molecule has 33 heavy (non-hydrogen) atoms. The van der Waals surface area contributed by atoms with Crippen molar-refractivity contribution in [3.8, 4) is 0 Å². The summed E-state index contributed by atoms with van der Waals surface area (Å²) < 4.78 is 1.40. The molecular weight excluding hydrogens is 418 g/mol. The highest BCUT2D eigenvalue weighted by Gasteiger charge is 2.21. The van der Waals surface area contributed by atoms with Gasteiger partial charge in [0.1, 0.15) is 5.56 Å². The summed E-state index contributed by atoms with van der Waals surface area (Å²) in [6.45, 7) is 2.89. The first-order valence-corrected chi connectivity index (χ1v) is 11.5. The summed E-state index contributed by atoms with van der Waals surface area (Å²) in [5.74, 6) is -0.380. The molecule has 4 rings (SSSR count). The number of carbonyl (C=O) groups is 2. The van der Waals surface area contributed by atoms with E-state index in [4.69, 9.17) is 5.73 Å². The molecule has 2 aromatic heterocycles. The zero-order valence-electron chi connectivity index (χ0n) is 19.0. The molecule has 8 heteroatoms. The monoisotopic (exact) mass is 449 g/mol. The molecule has 1 aliphatic rings. The first kappa shape index (κ1) is 22.8. The first-order chi connectivity index (χ1) is 15.9. The van der Waals surface area contributed by atoms with Crippen LogP contribution in [0.5, 0.6) is 0 Å². The number of primary amides is 1. The van der Waals surface area contributed by atoms with E-state index in [1.807, 2.05) is 30.5 Å². The van der Waals surface area contributed by atoms with Gasteiger partial charge in [0.05, 0.1) is 12.1 Å². The maximum absolute atomic E-state index is 13.2. The predicted molar refractivity (Wildman–Crippen MR) is 128 cm³/mol. The van der Waals surface area contributed by atoms with Crippen LogP contribution < -0.4 is 16.6 Å². The third-order valence-corrected chi connectivity index (χ3v) is 6.54. The normalized spacial score (nSPS) is 14.5. The number of fused-ring (bicyclic) bond motifs is 1. The van der Waals surface area contributed by atoms with Crippen LogP contribution in [0.15, 0.2) is 47.5 Å². The van der Waals surface area contributed by atoms with Gasteiger partial charge in [0.25, 0.3) is 11.5 Å². The van der Waals surface area contributed by atoms with Crippen molar-refractivity contribution in [2.45, 2.75) is 32.2 Å². The number of carbonyl (C=O) groups excluding carboxylic acids is 2. The van der Waals surface area contributed by atoms with Crippen LogP contribution in [0.3, 0.4) is 0 Å². The lowest BCUT2D eigenvalue weighted by atomic mass is 9.93. The molecule has 0 atom stereocenters. The van der Waals surface area contributed by atoms with Crippen molar-refractivity contribution in [3.05, 3.63) is 69.8 Å². The van der Waals surface area contributed by atoms with Gasteiger partial charge in [0.15, 0.2) is 0 Å². The highest BCUT2D eigenvalue weighted by atomic mass is 16.2. The van der Waals surface area contributed by atoms with Gasteiger partial charge < -0.3 is 25.5 Å². The van der Waals surface area contributed by atoms with Crippen molar-refractivity contribution < 1.29 is 9.59 Å². The average molecular weight is 450 g/mol. The van der Waals surface area contributed by atoms with Crippen molar-refractivity contribution in [3.63, 3.8) is 0 Å². The van der Waals surface area contributed by atoms with E-state index in [9.17, 15) is 14.4 Å². The Balaban J connectivity index is 1.55. The second-order valence-corrected chi connectivity index (χ2v) is 8.86. The lowest BCUT2D eigenvalue weighted by Crippen LogP contribution is -2.36. The van der Waals surface area contributed by atoms with Gasteiger partial charge in [-0.25, -0.2) is 0 Å². The molecule has 0 spiro atoms. The van der Waals surface area contributed by atoms with Gasteiger partial charge in [-0.15, -0.1) is 0 Å².